The molecule has 1 spiro atoms. The van der Waals surface area contributed by atoms with Gasteiger partial charge < -0.3 is 25.2 Å². The quantitative estimate of drug-likeness (QED) is 0.311. The van der Waals surface area contributed by atoms with Crippen molar-refractivity contribution in [2.45, 2.75) is 102 Å². The van der Waals surface area contributed by atoms with Gasteiger partial charge in [-0.05, 0) is 112 Å². The Kier molecular flexibility index (Phi) is 12.1. The maximum atomic E-state index is 13.4. The summed E-state index contributed by atoms with van der Waals surface area (Å²) in [5.74, 6) is 0.233. The number of alkyl halides is 3. The number of amides is 2. The van der Waals surface area contributed by atoms with E-state index >= 15 is 0 Å². The van der Waals surface area contributed by atoms with Gasteiger partial charge in [0.25, 0.3) is 11.8 Å². The third kappa shape index (κ3) is 9.32. The first-order valence-corrected chi connectivity index (χ1v) is 19.1. The number of nitrogens with one attached hydrogen (secondary N) is 1. The van der Waals surface area contributed by atoms with Crippen molar-refractivity contribution in [1.29, 1.82) is 0 Å². The summed E-state index contributed by atoms with van der Waals surface area (Å²) in [6.07, 6.45) is 0.102. The Morgan fingerprint density at radius 3 is 2.28 bits per heavy atom. The molecule has 0 aromatic heterocycles. The fourth-order valence-electron chi connectivity index (χ4n) is 7.59. The highest BCUT2D eigenvalue weighted by atomic mass is 32.2. The van der Waals surface area contributed by atoms with Crippen LogP contribution in [-0.2, 0) is 19.6 Å². The molecule has 1 atom stereocenters. The van der Waals surface area contributed by atoms with E-state index < -0.39 is 34.3 Å². The second kappa shape index (κ2) is 15.8. The number of ether oxygens (including phenoxy) is 1. The van der Waals surface area contributed by atoms with E-state index in [2.05, 4.69) is 5.32 Å². The molecule has 1 aromatic rings. The van der Waals surface area contributed by atoms with Gasteiger partial charge in [0.1, 0.15) is 17.5 Å². The number of likely N-dealkylation sites (tertiary alicyclic amines) is 1. The first-order chi connectivity index (χ1) is 23.6. The van der Waals surface area contributed by atoms with Crippen LogP contribution in [0.5, 0.6) is 0 Å². The number of carbonyl (C=O) groups is 2. The van der Waals surface area contributed by atoms with Crippen LogP contribution in [0.15, 0.2) is 22.5 Å². The van der Waals surface area contributed by atoms with E-state index in [1.54, 1.807) is 23.1 Å². The molecule has 2 amide bonds. The highest BCUT2D eigenvalue weighted by molar-refractivity contribution is 7.92. The Morgan fingerprint density at radius 2 is 1.70 bits per heavy atom. The topological polar surface area (TPSA) is 149 Å². The van der Waals surface area contributed by atoms with Gasteiger partial charge in [-0.1, -0.05) is 0 Å². The zero-order valence-corrected chi connectivity index (χ0v) is 29.6. The SMILES string of the molecule is Cc1cc(C(=O)N2CCC(OC[C@H](O)CO)CC2)cc(C)c1C=CS(=O)(=O)N1CCC2(CC1)N=C(C1CCC(CCC(F)(F)F)CC1)NC2=O. The molecular formula is C35H49F3N4O7S. The number of carbonyl (C=O) groups excluding carboxylic acids is 2. The molecule has 11 nitrogen and oxygen atoms in total. The van der Waals surface area contributed by atoms with Gasteiger partial charge in [-0.2, -0.15) is 17.5 Å². The van der Waals surface area contributed by atoms with Gasteiger partial charge >= 0.3 is 6.18 Å². The number of piperidine rings is 2. The van der Waals surface area contributed by atoms with E-state index in [9.17, 15) is 36.3 Å². The highest BCUT2D eigenvalue weighted by Gasteiger charge is 2.48. The Morgan fingerprint density at radius 1 is 1.08 bits per heavy atom. The normalized spacial score (nSPS) is 24.5. The maximum absolute atomic E-state index is 13.4. The van der Waals surface area contributed by atoms with E-state index in [-0.39, 0.29) is 75.3 Å². The van der Waals surface area contributed by atoms with Gasteiger partial charge in [-0.25, -0.2) is 8.42 Å². The fraction of sp³-hybridized carbons (Fsp3) is 0.686. The fourth-order valence-corrected chi connectivity index (χ4v) is 8.76. The minimum absolute atomic E-state index is 0.0104. The second-order valence-electron chi connectivity index (χ2n) is 14.3. The third-order valence-corrected chi connectivity index (χ3v) is 12.3. The van der Waals surface area contributed by atoms with Crippen LogP contribution >= 0.6 is 0 Å². The number of amidine groups is 1. The van der Waals surface area contributed by atoms with Gasteiger partial charge in [0.05, 0.1) is 19.3 Å². The minimum Gasteiger partial charge on any atom is -0.394 e. The van der Waals surface area contributed by atoms with Gasteiger partial charge in [0, 0.05) is 49.5 Å². The average molecular weight is 727 g/mol. The third-order valence-electron chi connectivity index (χ3n) is 10.7. The number of hydrogen-bond acceptors (Lipinski definition) is 8. The number of benzene rings is 1. The second-order valence-corrected chi connectivity index (χ2v) is 16.1. The monoisotopic (exact) mass is 726 g/mol. The van der Waals surface area contributed by atoms with Crippen LogP contribution in [0.4, 0.5) is 13.2 Å². The molecule has 4 aliphatic rings. The average Bonchev–Trinajstić information content (AvgIpc) is 3.40. The van der Waals surface area contributed by atoms with Crippen molar-refractivity contribution in [3.8, 4) is 0 Å². The van der Waals surface area contributed by atoms with Crippen molar-refractivity contribution in [2.75, 3.05) is 39.4 Å². The number of hydrogen-bond donors (Lipinski definition) is 3. The number of aliphatic imine (C=N–C) groups is 1. The van der Waals surface area contributed by atoms with Gasteiger partial charge in [0.2, 0.25) is 10.0 Å². The largest absolute Gasteiger partial charge is 0.394 e. The summed E-state index contributed by atoms with van der Waals surface area (Å²) in [5, 5.41) is 22.6. The van der Waals surface area contributed by atoms with Gasteiger partial charge in [-0.3, -0.25) is 14.6 Å². The lowest BCUT2D eigenvalue weighted by molar-refractivity contribution is -0.138. The van der Waals surface area contributed by atoms with E-state index in [0.717, 1.165) is 11.1 Å². The van der Waals surface area contributed by atoms with E-state index in [0.29, 0.717) is 68.6 Å². The zero-order valence-electron chi connectivity index (χ0n) is 28.8. The van der Waals surface area contributed by atoms with Crippen LogP contribution in [0.2, 0.25) is 0 Å². The van der Waals surface area contributed by atoms with Crippen molar-refractivity contribution in [3.63, 3.8) is 0 Å². The molecule has 1 aromatic carbocycles. The molecule has 3 fully saturated rings. The van der Waals surface area contributed by atoms with E-state index in [4.69, 9.17) is 14.8 Å². The van der Waals surface area contributed by atoms with Crippen LogP contribution in [0.1, 0.15) is 91.3 Å². The molecule has 50 heavy (non-hydrogen) atoms. The molecule has 278 valence electrons. The van der Waals surface area contributed by atoms with E-state index in [1.165, 1.54) is 9.71 Å². The Hall–Kier alpha value is -2.85. The summed E-state index contributed by atoms with van der Waals surface area (Å²) in [6.45, 7) is 4.58. The first-order valence-electron chi connectivity index (χ1n) is 17.6. The molecule has 0 bridgehead atoms. The lowest BCUT2D eigenvalue weighted by Gasteiger charge is -2.34. The van der Waals surface area contributed by atoms with Crippen LogP contribution in [0, 0.1) is 25.7 Å². The van der Waals surface area contributed by atoms with Crippen molar-refractivity contribution in [3.05, 3.63) is 39.8 Å². The van der Waals surface area contributed by atoms with Crippen molar-refractivity contribution in [2.24, 2.45) is 16.8 Å². The summed E-state index contributed by atoms with van der Waals surface area (Å²) in [6, 6.07) is 3.52. The predicted molar refractivity (Wildman–Crippen MR) is 182 cm³/mol. The Balaban J connectivity index is 1.14. The van der Waals surface area contributed by atoms with Gasteiger partial charge in [0.15, 0.2) is 0 Å². The number of aliphatic hydroxyl groups excluding tert-OH is 2. The van der Waals surface area contributed by atoms with E-state index in [1.807, 2.05) is 13.8 Å². The standard InChI is InChI=1S/C35H49F3N4O7S/c1-23-19-27(32(45)41-14-8-29(9-15-41)49-22-28(44)21-43)20-24(2)30(23)10-18-50(47,48)42-16-12-34(13-17-42)33(46)39-31(40-34)26-5-3-25(4-6-26)7-11-35(36,37)38/h10,18-20,25-26,28-29,43-44H,3-9,11-17,21-22H2,1-2H3,(H,39,40,46)/t25?,26?,28-/m1/s1. The number of nitrogens with zero attached hydrogens (tertiary/aromatic N) is 3. The lowest BCUT2D eigenvalue weighted by atomic mass is 9.79. The zero-order chi connectivity index (χ0) is 36.3. The Labute approximate surface area is 292 Å². The van der Waals surface area contributed by atoms with Crippen LogP contribution in [0.3, 0.4) is 0 Å². The molecule has 1 saturated carbocycles. The van der Waals surface area contributed by atoms with Crippen LogP contribution in [-0.4, -0.2) is 109 Å². The summed E-state index contributed by atoms with van der Waals surface area (Å²) in [7, 11) is -3.82. The predicted octanol–water partition coefficient (Wildman–Crippen LogP) is 4.09. The molecule has 5 rings (SSSR count). The Bertz CT molecular complexity index is 1530. The minimum atomic E-state index is -4.15. The highest BCUT2D eigenvalue weighted by Crippen LogP contribution is 2.38. The summed E-state index contributed by atoms with van der Waals surface area (Å²) in [4.78, 5) is 32.9. The molecule has 0 unspecified atom stereocenters. The van der Waals surface area contributed by atoms with Crippen molar-refractivity contribution in [1.82, 2.24) is 14.5 Å². The molecule has 15 heteroatoms. The summed E-state index contributed by atoms with van der Waals surface area (Å²) in [5.41, 5.74) is 1.70. The number of aliphatic hydroxyl groups is 2. The lowest BCUT2D eigenvalue weighted by Crippen LogP contribution is -2.50. The molecule has 3 heterocycles. The number of rotatable bonds is 11. The van der Waals surface area contributed by atoms with Gasteiger partial charge in [-0.15, -0.1) is 0 Å². The number of aryl methyl sites for hydroxylation is 2. The summed E-state index contributed by atoms with van der Waals surface area (Å²) < 4.78 is 71.6. The van der Waals surface area contributed by atoms with Crippen molar-refractivity contribution >= 4 is 33.7 Å². The van der Waals surface area contributed by atoms with Crippen LogP contribution in [0.25, 0.3) is 6.08 Å². The maximum Gasteiger partial charge on any atom is 0.389 e. The van der Waals surface area contributed by atoms with Crippen molar-refractivity contribution < 1.29 is 46.1 Å². The molecule has 0 radical (unpaired) electrons. The number of sulfonamides is 1. The molecule has 3 aliphatic heterocycles. The molecular weight excluding hydrogens is 677 g/mol. The summed E-state index contributed by atoms with van der Waals surface area (Å²) >= 11 is 0. The number of halogens is 3. The smallest absolute Gasteiger partial charge is 0.389 e. The molecule has 2 saturated heterocycles. The molecule has 3 N–H and O–H groups in total. The first kappa shape index (κ1) is 38.4. The van der Waals surface area contributed by atoms with Crippen LogP contribution < -0.4 is 5.32 Å². The molecule has 1 aliphatic carbocycles.